The lowest BCUT2D eigenvalue weighted by atomic mass is 9.87. The summed E-state index contributed by atoms with van der Waals surface area (Å²) in [6.45, 7) is 10.7. The number of hydrazone groups is 1. The van der Waals surface area contributed by atoms with Crippen molar-refractivity contribution in [2.24, 2.45) is 5.10 Å². The molecular formula is C20H25N3S. The highest BCUT2D eigenvalue weighted by Gasteiger charge is 2.12. The third-order valence-corrected chi connectivity index (χ3v) is 3.99. The van der Waals surface area contributed by atoms with Crippen molar-refractivity contribution >= 4 is 29.2 Å². The van der Waals surface area contributed by atoms with E-state index in [1.165, 1.54) is 11.1 Å². The number of thiocarbonyl (C=S) groups is 1. The van der Waals surface area contributed by atoms with Gasteiger partial charge in [-0.1, -0.05) is 57.2 Å². The molecule has 0 atom stereocenters. The van der Waals surface area contributed by atoms with Crippen molar-refractivity contribution in [3.63, 3.8) is 0 Å². The molecule has 3 nitrogen and oxygen atoms in total. The number of benzene rings is 2. The Morgan fingerprint density at radius 1 is 1.04 bits per heavy atom. The predicted octanol–water partition coefficient (Wildman–Crippen LogP) is 4.92. The van der Waals surface area contributed by atoms with E-state index >= 15 is 0 Å². The second-order valence-corrected chi connectivity index (χ2v) is 7.42. The summed E-state index contributed by atoms with van der Waals surface area (Å²) >= 11 is 5.29. The van der Waals surface area contributed by atoms with Crippen LogP contribution in [0.2, 0.25) is 0 Å². The highest BCUT2D eigenvalue weighted by atomic mass is 32.1. The number of hydrogen-bond acceptors (Lipinski definition) is 2. The van der Waals surface area contributed by atoms with Gasteiger partial charge in [0.2, 0.25) is 0 Å². The zero-order valence-corrected chi connectivity index (χ0v) is 15.8. The Morgan fingerprint density at radius 2 is 1.71 bits per heavy atom. The molecule has 2 rings (SSSR count). The Hall–Kier alpha value is -2.20. The minimum absolute atomic E-state index is 0.158. The molecule has 2 aromatic rings. The van der Waals surface area contributed by atoms with Crippen molar-refractivity contribution in [2.45, 2.75) is 40.0 Å². The Balaban J connectivity index is 1.94. The fourth-order valence-electron chi connectivity index (χ4n) is 2.26. The second kappa shape index (κ2) is 7.58. The fraction of sp³-hybridized carbons (Fsp3) is 0.300. The van der Waals surface area contributed by atoms with Crippen LogP contribution in [0, 0.1) is 13.8 Å². The minimum atomic E-state index is 0.158. The lowest BCUT2D eigenvalue weighted by Crippen LogP contribution is -2.24. The van der Waals surface area contributed by atoms with Gasteiger partial charge in [0.05, 0.1) is 6.21 Å². The van der Waals surface area contributed by atoms with Crippen LogP contribution >= 0.6 is 12.2 Å². The lowest BCUT2D eigenvalue weighted by molar-refractivity contribution is 0.590. The number of aryl methyl sites for hydroxylation is 2. The van der Waals surface area contributed by atoms with Crippen LogP contribution in [0.3, 0.4) is 0 Å². The first-order valence-electron chi connectivity index (χ1n) is 8.03. The lowest BCUT2D eigenvalue weighted by Gasteiger charge is -2.18. The van der Waals surface area contributed by atoms with Gasteiger partial charge in [-0.2, -0.15) is 5.10 Å². The van der Waals surface area contributed by atoms with E-state index in [1.807, 2.05) is 6.92 Å². The van der Waals surface area contributed by atoms with E-state index in [0.717, 1.165) is 16.8 Å². The summed E-state index contributed by atoms with van der Waals surface area (Å²) in [7, 11) is 0. The van der Waals surface area contributed by atoms with Crippen LogP contribution in [0.25, 0.3) is 0 Å². The molecule has 0 aliphatic carbocycles. The van der Waals surface area contributed by atoms with E-state index < -0.39 is 0 Å². The molecule has 0 aromatic heterocycles. The first kappa shape index (κ1) is 18.1. The molecule has 0 heterocycles. The maximum atomic E-state index is 5.29. The quantitative estimate of drug-likeness (QED) is 0.473. The first-order valence-corrected chi connectivity index (χ1v) is 8.44. The first-order chi connectivity index (χ1) is 11.3. The van der Waals surface area contributed by atoms with Gasteiger partial charge in [-0.3, -0.25) is 5.43 Å². The molecule has 2 aromatic carbocycles. The zero-order valence-electron chi connectivity index (χ0n) is 15.0. The van der Waals surface area contributed by atoms with Crippen molar-refractivity contribution in [2.75, 3.05) is 5.32 Å². The van der Waals surface area contributed by atoms with E-state index in [-0.39, 0.29) is 5.41 Å². The van der Waals surface area contributed by atoms with Crippen LogP contribution in [-0.4, -0.2) is 11.3 Å². The zero-order chi connectivity index (χ0) is 17.7. The second-order valence-electron chi connectivity index (χ2n) is 7.01. The van der Waals surface area contributed by atoms with Crippen LogP contribution in [0.5, 0.6) is 0 Å². The number of rotatable bonds is 3. The smallest absolute Gasteiger partial charge is 0.191 e. The van der Waals surface area contributed by atoms with Crippen molar-refractivity contribution in [3.05, 3.63) is 64.7 Å². The molecule has 0 radical (unpaired) electrons. The monoisotopic (exact) mass is 339 g/mol. The van der Waals surface area contributed by atoms with Gasteiger partial charge < -0.3 is 5.32 Å². The summed E-state index contributed by atoms with van der Waals surface area (Å²) in [5, 5.41) is 7.85. The fourth-order valence-corrected chi connectivity index (χ4v) is 2.42. The third kappa shape index (κ3) is 5.17. The molecule has 0 saturated carbocycles. The molecule has 0 aliphatic rings. The average Bonchev–Trinajstić information content (AvgIpc) is 2.50. The van der Waals surface area contributed by atoms with Gasteiger partial charge >= 0.3 is 0 Å². The topological polar surface area (TPSA) is 36.4 Å². The summed E-state index contributed by atoms with van der Waals surface area (Å²) in [5.41, 5.74) is 8.69. The summed E-state index contributed by atoms with van der Waals surface area (Å²) in [6, 6.07) is 14.6. The maximum absolute atomic E-state index is 5.29. The molecule has 2 N–H and O–H groups in total. The van der Waals surface area contributed by atoms with E-state index in [0.29, 0.717) is 5.11 Å². The molecular weight excluding hydrogens is 314 g/mol. The Bertz CT molecular complexity index is 740. The van der Waals surface area contributed by atoms with Gasteiger partial charge in [-0.05, 0) is 59.8 Å². The molecule has 0 aliphatic heterocycles. The molecule has 0 unspecified atom stereocenters. The average molecular weight is 340 g/mol. The molecule has 4 heteroatoms. The van der Waals surface area contributed by atoms with Gasteiger partial charge in [0.1, 0.15) is 0 Å². The van der Waals surface area contributed by atoms with Crippen molar-refractivity contribution in [1.29, 1.82) is 0 Å². The van der Waals surface area contributed by atoms with Crippen molar-refractivity contribution in [3.8, 4) is 0 Å². The molecule has 0 fully saturated rings. The third-order valence-electron chi connectivity index (χ3n) is 3.80. The van der Waals surface area contributed by atoms with Crippen LogP contribution in [0.1, 0.15) is 43.0 Å². The summed E-state index contributed by atoms with van der Waals surface area (Å²) in [4.78, 5) is 0. The standard InChI is InChI=1S/C20H25N3S/c1-14-6-7-15(2)18(12-14)22-19(24)23-21-13-16-8-10-17(11-9-16)20(3,4)5/h6-13H,1-5H3,(H2,22,23,24)/b21-13+. The van der Waals surface area contributed by atoms with Crippen LogP contribution in [-0.2, 0) is 5.41 Å². The predicted molar refractivity (Wildman–Crippen MR) is 108 cm³/mol. The number of nitrogens with zero attached hydrogens (tertiary/aromatic N) is 1. The van der Waals surface area contributed by atoms with Crippen LogP contribution in [0.15, 0.2) is 47.6 Å². The van der Waals surface area contributed by atoms with Gasteiger partial charge in [-0.25, -0.2) is 0 Å². The number of nitrogens with one attached hydrogen (secondary N) is 2. The molecule has 0 bridgehead atoms. The van der Waals surface area contributed by atoms with Crippen LogP contribution in [0.4, 0.5) is 5.69 Å². The molecule has 0 amide bonds. The highest BCUT2D eigenvalue weighted by molar-refractivity contribution is 7.80. The van der Waals surface area contributed by atoms with Crippen molar-refractivity contribution in [1.82, 2.24) is 5.43 Å². The van der Waals surface area contributed by atoms with E-state index in [9.17, 15) is 0 Å². The number of anilines is 1. The molecule has 24 heavy (non-hydrogen) atoms. The van der Waals surface area contributed by atoms with Crippen LogP contribution < -0.4 is 10.7 Å². The molecule has 126 valence electrons. The van der Waals surface area contributed by atoms with Gasteiger partial charge in [0.25, 0.3) is 0 Å². The Kier molecular flexibility index (Phi) is 5.73. The Labute approximate surface area is 150 Å². The Morgan fingerprint density at radius 3 is 2.33 bits per heavy atom. The van der Waals surface area contributed by atoms with Gasteiger partial charge in [0.15, 0.2) is 5.11 Å². The SMILES string of the molecule is Cc1ccc(C)c(NC(=S)N/N=C/c2ccc(C(C)(C)C)cc2)c1. The van der Waals surface area contributed by atoms with Gasteiger partial charge in [0, 0.05) is 5.69 Å². The summed E-state index contributed by atoms with van der Waals surface area (Å²) in [6.07, 6.45) is 1.77. The number of hydrogen-bond donors (Lipinski definition) is 2. The summed E-state index contributed by atoms with van der Waals surface area (Å²) < 4.78 is 0. The van der Waals surface area contributed by atoms with E-state index in [4.69, 9.17) is 12.2 Å². The normalized spacial score (nSPS) is 11.5. The molecule has 0 saturated heterocycles. The molecule has 0 spiro atoms. The summed E-state index contributed by atoms with van der Waals surface area (Å²) in [5.74, 6) is 0. The minimum Gasteiger partial charge on any atom is -0.331 e. The van der Waals surface area contributed by atoms with Crippen molar-refractivity contribution < 1.29 is 0 Å². The highest BCUT2D eigenvalue weighted by Crippen LogP contribution is 2.21. The largest absolute Gasteiger partial charge is 0.331 e. The van der Waals surface area contributed by atoms with E-state index in [1.54, 1.807) is 6.21 Å². The van der Waals surface area contributed by atoms with Gasteiger partial charge in [-0.15, -0.1) is 0 Å². The maximum Gasteiger partial charge on any atom is 0.191 e. The van der Waals surface area contributed by atoms with E-state index in [2.05, 4.69) is 86.0 Å².